The molecule has 5 nitrogen and oxygen atoms in total. The number of rotatable bonds is 6. The molecule has 1 aromatic rings. The van der Waals surface area contributed by atoms with Gasteiger partial charge in [0.2, 0.25) is 15.9 Å². The van der Waals surface area contributed by atoms with E-state index in [1.165, 1.54) is 22.5 Å². The molecule has 1 saturated heterocycles. The number of nitrogens with one attached hydrogen (secondary N) is 1. The molecule has 1 aromatic carbocycles. The molecule has 0 atom stereocenters. The lowest BCUT2D eigenvalue weighted by atomic mass is 9.97. The molecule has 0 aliphatic carbocycles. The number of piperidine rings is 1. The molecule has 0 radical (unpaired) electrons. The van der Waals surface area contributed by atoms with Gasteiger partial charge in [0.05, 0.1) is 0 Å². The lowest BCUT2D eigenvalue weighted by molar-refractivity contribution is -0.126. The smallest absolute Gasteiger partial charge is 0.245 e. The van der Waals surface area contributed by atoms with Crippen LogP contribution in [-0.4, -0.2) is 38.3 Å². The Hall–Kier alpha value is -1.47. The van der Waals surface area contributed by atoms with Crippen molar-refractivity contribution in [2.45, 2.75) is 37.5 Å². The zero-order chi connectivity index (χ0) is 16.9. The van der Waals surface area contributed by atoms with E-state index in [1.54, 1.807) is 0 Å². The van der Waals surface area contributed by atoms with Crippen molar-refractivity contribution in [3.05, 3.63) is 30.1 Å². The van der Waals surface area contributed by atoms with E-state index in [1.807, 2.05) is 0 Å². The molecule has 1 amide bonds. The van der Waals surface area contributed by atoms with Crippen LogP contribution in [-0.2, 0) is 14.8 Å². The Bertz CT molecular complexity index is 640. The van der Waals surface area contributed by atoms with Gasteiger partial charge in [-0.15, -0.1) is 0 Å². The average Bonchev–Trinajstić information content (AvgIpc) is 2.55. The summed E-state index contributed by atoms with van der Waals surface area (Å²) >= 11 is 0. The van der Waals surface area contributed by atoms with Gasteiger partial charge in [0.1, 0.15) is 10.7 Å². The molecule has 1 aliphatic rings. The van der Waals surface area contributed by atoms with Crippen LogP contribution in [0.1, 0.15) is 32.6 Å². The monoisotopic (exact) mass is 342 g/mol. The van der Waals surface area contributed by atoms with Crippen LogP contribution in [0.25, 0.3) is 0 Å². The summed E-state index contributed by atoms with van der Waals surface area (Å²) in [5.41, 5.74) is 0. The minimum atomic E-state index is -3.84. The minimum absolute atomic E-state index is 0.0126. The molecule has 1 heterocycles. The van der Waals surface area contributed by atoms with E-state index in [0.717, 1.165) is 18.9 Å². The molecule has 2 rings (SSSR count). The third kappa shape index (κ3) is 4.29. The number of halogens is 1. The summed E-state index contributed by atoms with van der Waals surface area (Å²) in [5, 5.41) is 2.88. The number of sulfonamides is 1. The summed E-state index contributed by atoms with van der Waals surface area (Å²) in [6.45, 7) is 3.19. The Kier molecular flexibility index (Phi) is 6.12. The fourth-order valence-corrected chi connectivity index (χ4v) is 4.22. The topological polar surface area (TPSA) is 66.5 Å². The van der Waals surface area contributed by atoms with Gasteiger partial charge in [-0.2, -0.15) is 4.31 Å². The van der Waals surface area contributed by atoms with E-state index in [-0.39, 0.29) is 29.8 Å². The molecule has 128 valence electrons. The highest BCUT2D eigenvalue weighted by molar-refractivity contribution is 7.89. The molecule has 1 aliphatic heterocycles. The van der Waals surface area contributed by atoms with E-state index >= 15 is 0 Å². The Morgan fingerprint density at radius 3 is 2.57 bits per heavy atom. The van der Waals surface area contributed by atoms with Gasteiger partial charge in [-0.05, 0) is 31.4 Å². The molecule has 0 bridgehead atoms. The Morgan fingerprint density at radius 1 is 1.30 bits per heavy atom. The van der Waals surface area contributed by atoms with Gasteiger partial charge in [0, 0.05) is 25.6 Å². The van der Waals surface area contributed by atoms with Gasteiger partial charge >= 0.3 is 0 Å². The number of carbonyl (C=O) groups excluding carboxylic acids is 1. The summed E-state index contributed by atoms with van der Waals surface area (Å²) in [4.78, 5) is 11.7. The van der Waals surface area contributed by atoms with Gasteiger partial charge < -0.3 is 5.32 Å². The number of hydrogen-bond donors (Lipinski definition) is 1. The second kappa shape index (κ2) is 7.88. The van der Waals surface area contributed by atoms with Crippen molar-refractivity contribution in [2.24, 2.45) is 5.92 Å². The van der Waals surface area contributed by atoms with E-state index in [2.05, 4.69) is 12.2 Å². The molecule has 1 fully saturated rings. The van der Waals surface area contributed by atoms with Crippen molar-refractivity contribution >= 4 is 15.9 Å². The highest BCUT2D eigenvalue weighted by Crippen LogP contribution is 2.25. The molecular formula is C16H23FN2O3S. The quantitative estimate of drug-likeness (QED) is 0.806. The van der Waals surface area contributed by atoms with E-state index in [0.29, 0.717) is 19.4 Å². The van der Waals surface area contributed by atoms with Crippen LogP contribution in [0, 0.1) is 11.7 Å². The second-order valence-electron chi connectivity index (χ2n) is 5.75. The number of amides is 1. The van der Waals surface area contributed by atoms with Crippen molar-refractivity contribution in [3.8, 4) is 0 Å². The van der Waals surface area contributed by atoms with Gasteiger partial charge in [0.25, 0.3) is 0 Å². The predicted octanol–water partition coefficient (Wildman–Crippen LogP) is 2.14. The van der Waals surface area contributed by atoms with Crippen LogP contribution in [0.4, 0.5) is 4.39 Å². The van der Waals surface area contributed by atoms with Crippen LogP contribution in [0.2, 0.25) is 0 Å². The standard InChI is InChI=1S/C16H23FN2O3S/c1-2-3-10-18-16(20)13-8-11-19(12-9-13)23(21,22)15-7-5-4-6-14(15)17/h4-7,13H,2-3,8-12H2,1H3,(H,18,20). The number of benzene rings is 1. The van der Waals surface area contributed by atoms with Gasteiger partial charge in [-0.1, -0.05) is 25.5 Å². The van der Waals surface area contributed by atoms with Crippen LogP contribution >= 0.6 is 0 Å². The summed E-state index contributed by atoms with van der Waals surface area (Å²) in [5.74, 6) is -0.924. The van der Waals surface area contributed by atoms with Crippen molar-refractivity contribution in [1.29, 1.82) is 0 Å². The van der Waals surface area contributed by atoms with Crippen LogP contribution in [0.5, 0.6) is 0 Å². The molecule has 0 spiro atoms. The third-order valence-corrected chi connectivity index (χ3v) is 6.04. The number of hydrogen-bond acceptors (Lipinski definition) is 3. The Balaban J connectivity index is 1.96. The molecule has 0 aromatic heterocycles. The zero-order valence-corrected chi connectivity index (χ0v) is 14.1. The van der Waals surface area contributed by atoms with Crippen molar-refractivity contribution in [3.63, 3.8) is 0 Å². The average molecular weight is 342 g/mol. The first-order chi connectivity index (χ1) is 11.0. The van der Waals surface area contributed by atoms with Crippen LogP contribution in [0.15, 0.2) is 29.2 Å². The maximum absolute atomic E-state index is 13.7. The lowest BCUT2D eigenvalue weighted by Gasteiger charge is -2.30. The van der Waals surface area contributed by atoms with E-state index in [9.17, 15) is 17.6 Å². The largest absolute Gasteiger partial charge is 0.356 e. The second-order valence-corrected chi connectivity index (χ2v) is 7.66. The van der Waals surface area contributed by atoms with Crippen molar-refractivity contribution in [2.75, 3.05) is 19.6 Å². The highest BCUT2D eigenvalue weighted by atomic mass is 32.2. The summed E-state index contributed by atoms with van der Waals surface area (Å²) in [6, 6.07) is 5.38. The van der Waals surface area contributed by atoms with Gasteiger partial charge in [-0.25, -0.2) is 12.8 Å². The number of unbranched alkanes of at least 4 members (excludes halogenated alkanes) is 1. The van der Waals surface area contributed by atoms with Crippen LogP contribution in [0.3, 0.4) is 0 Å². The molecule has 1 N–H and O–H groups in total. The predicted molar refractivity (Wildman–Crippen MR) is 85.8 cm³/mol. The summed E-state index contributed by atoms with van der Waals surface area (Å²) in [6.07, 6.45) is 2.88. The number of nitrogens with zero attached hydrogens (tertiary/aromatic N) is 1. The maximum Gasteiger partial charge on any atom is 0.245 e. The first-order valence-electron chi connectivity index (χ1n) is 7.99. The molecule has 23 heavy (non-hydrogen) atoms. The highest BCUT2D eigenvalue weighted by Gasteiger charge is 2.33. The SMILES string of the molecule is CCCCNC(=O)C1CCN(S(=O)(=O)c2ccccc2F)CC1. The Morgan fingerprint density at radius 2 is 1.96 bits per heavy atom. The zero-order valence-electron chi connectivity index (χ0n) is 13.3. The van der Waals surface area contributed by atoms with Crippen molar-refractivity contribution < 1.29 is 17.6 Å². The molecule has 0 saturated carbocycles. The molecule has 0 unspecified atom stereocenters. The summed E-state index contributed by atoms with van der Waals surface area (Å²) < 4.78 is 40.0. The van der Waals surface area contributed by atoms with E-state index < -0.39 is 15.8 Å². The first kappa shape index (κ1) is 17.9. The third-order valence-electron chi connectivity index (χ3n) is 4.11. The normalized spacial score (nSPS) is 17.1. The minimum Gasteiger partial charge on any atom is -0.356 e. The molecular weight excluding hydrogens is 319 g/mol. The fourth-order valence-electron chi connectivity index (χ4n) is 2.68. The molecule has 7 heteroatoms. The van der Waals surface area contributed by atoms with Gasteiger partial charge in [0.15, 0.2) is 0 Å². The first-order valence-corrected chi connectivity index (χ1v) is 9.43. The van der Waals surface area contributed by atoms with Crippen molar-refractivity contribution in [1.82, 2.24) is 9.62 Å². The number of carbonyl (C=O) groups is 1. The van der Waals surface area contributed by atoms with Gasteiger partial charge in [-0.3, -0.25) is 4.79 Å². The fraction of sp³-hybridized carbons (Fsp3) is 0.562. The lowest BCUT2D eigenvalue weighted by Crippen LogP contribution is -2.43. The van der Waals surface area contributed by atoms with E-state index in [4.69, 9.17) is 0 Å². The summed E-state index contributed by atoms with van der Waals surface area (Å²) in [7, 11) is -3.84. The van der Waals surface area contributed by atoms with Crippen LogP contribution < -0.4 is 5.32 Å². The maximum atomic E-state index is 13.7. The Labute approximate surface area is 136 Å².